The lowest BCUT2D eigenvalue weighted by Gasteiger charge is -2.26. The molecule has 3 aliphatic heterocycles. The highest BCUT2D eigenvalue weighted by Gasteiger charge is 2.53. The number of anilines is 2. The Morgan fingerprint density at radius 1 is 1.09 bits per heavy atom. The molecule has 0 saturated carbocycles. The van der Waals surface area contributed by atoms with Gasteiger partial charge in [0.05, 0.1) is 19.3 Å². The van der Waals surface area contributed by atoms with Crippen molar-refractivity contribution in [3.8, 4) is 0 Å². The van der Waals surface area contributed by atoms with Gasteiger partial charge in [-0.25, -0.2) is 28.5 Å². The van der Waals surface area contributed by atoms with Gasteiger partial charge < -0.3 is 34.7 Å². The molecule has 6 N–H and O–H groups in total. The molecule has 3 fully saturated rings. The van der Waals surface area contributed by atoms with Crippen molar-refractivity contribution in [2.24, 2.45) is 0 Å². The number of fused-ring (bicyclic) bond motifs is 5. The zero-order valence-corrected chi connectivity index (χ0v) is 26.7. The quantitative estimate of drug-likeness (QED) is 0.126. The molecule has 0 aliphatic carbocycles. The number of aromatic amines is 1. The lowest BCUT2D eigenvalue weighted by Crippen LogP contribution is -2.44. The van der Waals surface area contributed by atoms with Crippen LogP contribution in [0.25, 0.3) is 22.3 Å². The Morgan fingerprint density at radius 2 is 1.80 bits per heavy atom. The number of nitrogens with two attached hydrogens (primary N) is 2. The Labute approximate surface area is 267 Å². The van der Waals surface area contributed by atoms with Crippen LogP contribution in [-0.4, -0.2) is 104 Å². The van der Waals surface area contributed by atoms with Crippen LogP contribution in [0, 0.1) is 0 Å². The zero-order chi connectivity index (χ0) is 32.5. The molecule has 7 rings (SSSR count). The summed E-state index contributed by atoms with van der Waals surface area (Å²) in [5, 5.41) is 0. The minimum Gasteiger partial charge on any atom is -0.382 e. The number of halogens is 1. The topological polar surface area (TPSA) is 261 Å². The van der Waals surface area contributed by atoms with Gasteiger partial charge in [0.25, 0.3) is 5.56 Å². The second kappa shape index (κ2) is 11.7. The Bertz CT molecular complexity index is 2030. The number of H-pyrrole nitrogens is 1. The predicted molar refractivity (Wildman–Crippen MR) is 162 cm³/mol. The number of rotatable bonds is 3. The molecule has 7 heterocycles. The van der Waals surface area contributed by atoms with Crippen molar-refractivity contribution in [1.29, 1.82) is 0 Å². The predicted octanol–water partition coefficient (Wildman–Crippen LogP) is -0.939. The number of aromatic nitrogens is 8. The van der Waals surface area contributed by atoms with Gasteiger partial charge in [-0.15, -0.1) is 0 Å². The van der Waals surface area contributed by atoms with E-state index in [1.807, 2.05) is 0 Å². The number of nitrogen functional groups attached to an aromatic ring is 2. The van der Waals surface area contributed by atoms with Gasteiger partial charge in [0.15, 0.2) is 47.4 Å². The number of imidazole rings is 2. The third-order valence-corrected chi connectivity index (χ3v) is 10.8. The van der Waals surface area contributed by atoms with Crippen molar-refractivity contribution >= 4 is 74.1 Å². The molecule has 0 radical (unpaired) electrons. The molecular formula is C21H25FN11O9PS3. The first-order valence-corrected chi connectivity index (χ1v) is 18.5. The van der Waals surface area contributed by atoms with Crippen molar-refractivity contribution in [2.75, 3.05) is 31.7 Å². The fourth-order valence-corrected chi connectivity index (χ4v) is 8.46. The highest BCUT2D eigenvalue weighted by atomic mass is 32.9. The minimum atomic E-state index is -4.64. The fraction of sp³-hybridized carbons (Fsp3) is 0.524. The summed E-state index contributed by atoms with van der Waals surface area (Å²) in [5.41, 5.74) is 7.72. The van der Waals surface area contributed by atoms with Crippen molar-refractivity contribution in [3.63, 3.8) is 0 Å². The Morgan fingerprint density at radius 3 is 2.57 bits per heavy atom. The molecule has 3 saturated heterocycles. The normalized spacial score (nSPS) is 35.0. The van der Waals surface area contributed by atoms with E-state index in [-0.39, 0.29) is 40.7 Å². The summed E-state index contributed by atoms with van der Waals surface area (Å²) in [6, 6.07) is 0. The molecular weight excluding hydrogens is 696 g/mol. The van der Waals surface area contributed by atoms with Crippen LogP contribution >= 0.6 is 17.9 Å². The van der Waals surface area contributed by atoms with Crippen LogP contribution < -0.4 is 21.7 Å². The average Bonchev–Trinajstić information content (AvgIpc) is 3.75. The first-order valence-electron chi connectivity index (χ1n) is 13.3. The van der Waals surface area contributed by atoms with Crippen molar-refractivity contribution in [1.82, 2.24) is 43.8 Å². The summed E-state index contributed by atoms with van der Waals surface area (Å²) in [5.74, 6) is -0.142. The van der Waals surface area contributed by atoms with Gasteiger partial charge in [-0.1, -0.05) is 12.2 Å². The lowest BCUT2D eigenvalue weighted by atomic mass is 10.1. The standard InChI is InChI=1S/C21H25FN11O9PS3/c1-37-13-8-3-38-43(44,45)41-12-7(39-19(9(12)22)32-5-27-10-15(23)25-4-26-16(10)32)2-29-46(35,36)42-14(13)20(40-8)33-6-28-11-17(33)30-21(24)31-18(11)34/h4-9,12-14,19-20,29H,2-3H2,1H3,(H,44,45)(H2,23,25,26)(H3,24,30,31,34)/t7-,8-,9-,12-,13+,14-,19-,20-/m1/s1. The summed E-state index contributed by atoms with van der Waals surface area (Å²) in [6.07, 6.45) is -7.12. The van der Waals surface area contributed by atoms with Crippen molar-refractivity contribution < 1.29 is 40.2 Å². The maximum atomic E-state index is 16.1. The van der Waals surface area contributed by atoms with Gasteiger partial charge in [-0.2, -0.15) is 18.1 Å². The molecule has 1 unspecified atom stereocenters. The number of alkyl halides is 1. The van der Waals surface area contributed by atoms with Crippen molar-refractivity contribution in [3.05, 3.63) is 29.3 Å². The summed E-state index contributed by atoms with van der Waals surface area (Å²) in [4.78, 5) is 35.0. The number of methoxy groups -OCH3 is 1. The highest BCUT2D eigenvalue weighted by molar-refractivity contribution is 8.60. The van der Waals surface area contributed by atoms with Crippen LogP contribution in [0.4, 0.5) is 16.2 Å². The van der Waals surface area contributed by atoms with E-state index in [1.54, 1.807) is 0 Å². The second-order valence-corrected chi connectivity index (χ2v) is 17.0. The second-order valence-electron chi connectivity index (χ2n) is 10.3. The van der Waals surface area contributed by atoms with Gasteiger partial charge in [0.1, 0.15) is 36.3 Å². The van der Waals surface area contributed by atoms with Gasteiger partial charge in [0, 0.05) is 13.7 Å². The largest absolute Gasteiger partial charge is 0.382 e. The van der Waals surface area contributed by atoms with Crippen LogP contribution in [-0.2, 0) is 49.6 Å². The van der Waals surface area contributed by atoms with E-state index >= 15 is 4.39 Å². The van der Waals surface area contributed by atoms with Crippen LogP contribution in [0.5, 0.6) is 0 Å². The van der Waals surface area contributed by atoms with Gasteiger partial charge in [0.2, 0.25) is 11.6 Å². The van der Waals surface area contributed by atoms with E-state index in [2.05, 4.69) is 46.9 Å². The molecule has 2 bridgehead atoms. The van der Waals surface area contributed by atoms with E-state index in [9.17, 15) is 13.2 Å². The van der Waals surface area contributed by atoms with Gasteiger partial charge in [-0.05, 0) is 11.8 Å². The Hall–Kier alpha value is -2.90. The molecule has 9 atom stereocenters. The van der Waals surface area contributed by atoms with Crippen LogP contribution in [0.1, 0.15) is 12.5 Å². The van der Waals surface area contributed by atoms with Gasteiger partial charge in [-0.3, -0.25) is 18.9 Å². The van der Waals surface area contributed by atoms with E-state index in [1.165, 1.54) is 35.2 Å². The maximum absolute atomic E-state index is 16.1. The molecule has 3 aliphatic rings. The fourth-order valence-electron chi connectivity index (χ4n) is 5.56. The average molecular weight is 722 g/mol. The molecule has 20 nitrogen and oxygen atoms in total. The minimum absolute atomic E-state index is 0.00771. The maximum Gasteiger partial charge on any atom is 0.336 e. The van der Waals surface area contributed by atoms with Crippen LogP contribution in [0.15, 0.2) is 23.8 Å². The molecule has 0 spiro atoms. The first kappa shape index (κ1) is 31.7. The third kappa shape index (κ3) is 5.55. The molecule has 248 valence electrons. The molecule has 0 aromatic carbocycles. The molecule has 0 amide bonds. The van der Waals surface area contributed by atoms with Crippen LogP contribution in [0.3, 0.4) is 0 Å². The summed E-state index contributed by atoms with van der Waals surface area (Å²) >= 11 is 9.92. The van der Waals surface area contributed by atoms with E-state index in [4.69, 9.17) is 50.7 Å². The monoisotopic (exact) mass is 721 g/mol. The summed E-state index contributed by atoms with van der Waals surface area (Å²) in [6.45, 7) is -0.871. The molecule has 4 aromatic heterocycles. The van der Waals surface area contributed by atoms with Crippen molar-refractivity contribution in [2.45, 2.75) is 49.1 Å². The third-order valence-electron chi connectivity index (χ3n) is 7.57. The van der Waals surface area contributed by atoms with Crippen LogP contribution in [0.2, 0.25) is 0 Å². The highest BCUT2D eigenvalue weighted by Crippen LogP contribution is 2.57. The zero-order valence-electron chi connectivity index (χ0n) is 23.3. The molecule has 25 heteroatoms. The number of hydrogen-bond donors (Lipinski definition) is 5. The lowest BCUT2D eigenvalue weighted by molar-refractivity contribution is -0.0497. The number of nitrogens with zero attached hydrogens (tertiary/aromatic N) is 7. The van der Waals surface area contributed by atoms with Gasteiger partial charge >= 0.3 is 10.3 Å². The molecule has 4 aromatic rings. The Kier molecular flexibility index (Phi) is 8.03. The first-order chi connectivity index (χ1) is 21.9. The Balaban J connectivity index is 1.22. The number of hydrogen-bond acceptors (Lipinski definition) is 17. The summed E-state index contributed by atoms with van der Waals surface area (Å²) in [7, 11) is -3.33. The van der Waals surface area contributed by atoms with E-state index < -0.39 is 77.2 Å². The van der Waals surface area contributed by atoms with E-state index in [0.717, 1.165) is 0 Å². The number of nitrogens with one attached hydrogen (secondary N) is 2. The smallest absolute Gasteiger partial charge is 0.336 e. The number of ether oxygens (including phenoxy) is 3. The summed E-state index contributed by atoms with van der Waals surface area (Å²) < 4.78 is 82.7. The SMILES string of the molecule is CO[C@@H]1[C@H]2OS(=O)(=O)NC[C@H]3O[C@@H](n4cnc5c(N)ncnc54)[C@H](F)[C@@H]3OP(=S)(S)OC[C@H]1O[C@H]2n1cnc2c(=O)[nH]c(N)nc21. The molecule has 46 heavy (non-hydrogen) atoms. The van der Waals surface area contributed by atoms with E-state index in [0.29, 0.717) is 0 Å². The number of thiol groups is 1.